The Balaban J connectivity index is 1.20. The predicted octanol–water partition coefficient (Wildman–Crippen LogP) is 2.10. The van der Waals surface area contributed by atoms with Crippen molar-refractivity contribution in [3.05, 3.63) is 42.5 Å². The van der Waals surface area contributed by atoms with E-state index in [4.69, 9.17) is 14.2 Å². The number of aromatic amines is 1. The minimum Gasteiger partial charge on any atom is -0.456 e. The van der Waals surface area contributed by atoms with Gasteiger partial charge in [0.05, 0.1) is 36.9 Å². The van der Waals surface area contributed by atoms with E-state index in [1.165, 1.54) is 0 Å². The first kappa shape index (κ1) is 20.0. The van der Waals surface area contributed by atoms with Gasteiger partial charge in [-0.3, -0.25) is 0 Å². The Morgan fingerprint density at radius 2 is 1.88 bits per heavy atom. The standard InChI is InChI=1S/C24H27N3O5/c28-11-17-2-1-9-27(17)16-6-3-14(4-7-16)15-5-8-18-19(10-15)26-24(25-18)32-21-13-31-22-20(29)12-30-23(21)22/h3-8,10,17,20-23,28-29H,1-2,9,11-13H2,(H,25,26)/t17-,20+,21+,22+,23+/m0/s1. The number of ether oxygens (including phenoxy) is 3. The molecule has 3 aromatic rings. The Morgan fingerprint density at radius 1 is 1.06 bits per heavy atom. The van der Waals surface area contributed by atoms with Crippen LogP contribution in [0.2, 0.25) is 0 Å². The Hall–Kier alpha value is -2.65. The Morgan fingerprint density at radius 3 is 2.72 bits per heavy atom. The first-order valence-electron chi connectivity index (χ1n) is 11.3. The van der Waals surface area contributed by atoms with Crippen molar-refractivity contribution in [3.8, 4) is 17.1 Å². The van der Waals surface area contributed by atoms with E-state index in [9.17, 15) is 10.2 Å². The van der Waals surface area contributed by atoms with Crippen molar-refractivity contribution < 1.29 is 24.4 Å². The molecule has 0 amide bonds. The monoisotopic (exact) mass is 437 g/mol. The number of fused-ring (bicyclic) bond motifs is 2. The van der Waals surface area contributed by atoms with Crippen molar-refractivity contribution in [2.45, 2.75) is 43.3 Å². The number of hydrogen-bond acceptors (Lipinski definition) is 7. The lowest BCUT2D eigenvalue weighted by molar-refractivity contribution is 0.00706. The zero-order chi connectivity index (χ0) is 21.7. The van der Waals surface area contributed by atoms with E-state index in [2.05, 4.69) is 51.3 Å². The van der Waals surface area contributed by atoms with Crippen LogP contribution < -0.4 is 9.64 Å². The van der Waals surface area contributed by atoms with Crippen LogP contribution in [0.3, 0.4) is 0 Å². The van der Waals surface area contributed by atoms with Gasteiger partial charge in [0, 0.05) is 12.2 Å². The summed E-state index contributed by atoms with van der Waals surface area (Å²) >= 11 is 0. The summed E-state index contributed by atoms with van der Waals surface area (Å²) in [6.45, 7) is 1.83. The molecule has 3 saturated heterocycles. The molecule has 3 N–H and O–H groups in total. The molecule has 0 radical (unpaired) electrons. The highest BCUT2D eigenvalue weighted by molar-refractivity contribution is 5.82. The molecular formula is C24H27N3O5. The van der Waals surface area contributed by atoms with Gasteiger partial charge in [-0.15, -0.1) is 0 Å². The zero-order valence-corrected chi connectivity index (χ0v) is 17.7. The lowest BCUT2D eigenvalue weighted by Crippen LogP contribution is -2.34. The number of anilines is 1. The number of benzene rings is 2. The first-order chi connectivity index (χ1) is 15.7. The largest absolute Gasteiger partial charge is 0.456 e. The van der Waals surface area contributed by atoms with Gasteiger partial charge in [-0.25, -0.2) is 0 Å². The normalized spacial score (nSPS) is 29.7. The van der Waals surface area contributed by atoms with Crippen LogP contribution in [0, 0.1) is 0 Å². The minimum atomic E-state index is -0.599. The van der Waals surface area contributed by atoms with E-state index in [0.717, 1.165) is 47.2 Å². The van der Waals surface area contributed by atoms with Gasteiger partial charge in [0.25, 0.3) is 6.01 Å². The van der Waals surface area contributed by atoms with Gasteiger partial charge < -0.3 is 34.3 Å². The molecule has 3 aliphatic rings. The Bertz CT molecular complexity index is 1100. The molecule has 0 saturated carbocycles. The van der Waals surface area contributed by atoms with E-state index in [1.54, 1.807) is 0 Å². The molecule has 0 bridgehead atoms. The van der Waals surface area contributed by atoms with Gasteiger partial charge in [-0.2, -0.15) is 4.98 Å². The second-order valence-electron chi connectivity index (χ2n) is 8.81. The molecule has 3 aliphatic heterocycles. The van der Waals surface area contributed by atoms with E-state index >= 15 is 0 Å². The highest BCUT2D eigenvalue weighted by Crippen LogP contribution is 2.32. The third kappa shape index (κ3) is 3.44. The molecule has 0 unspecified atom stereocenters. The molecule has 32 heavy (non-hydrogen) atoms. The van der Waals surface area contributed by atoms with Crippen molar-refractivity contribution in [3.63, 3.8) is 0 Å². The molecule has 0 aliphatic carbocycles. The number of aliphatic hydroxyl groups excluding tert-OH is 2. The summed E-state index contributed by atoms with van der Waals surface area (Å²) < 4.78 is 17.3. The number of hydrogen-bond donors (Lipinski definition) is 3. The van der Waals surface area contributed by atoms with Gasteiger partial charge in [-0.1, -0.05) is 18.2 Å². The quantitative estimate of drug-likeness (QED) is 0.562. The van der Waals surface area contributed by atoms with Crippen molar-refractivity contribution in [1.82, 2.24) is 9.97 Å². The fraction of sp³-hybridized carbons (Fsp3) is 0.458. The molecule has 0 spiro atoms. The average Bonchev–Trinajstić information content (AvgIpc) is 3.59. The molecule has 4 heterocycles. The molecule has 8 heteroatoms. The molecular weight excluding hydrogens is 410 g/mol. The summed E-state index contributed by atoms with van der Waals surface area (Å²) in [6.07, 6.45) is 0.673. The lowest BCUT2D eigenvalue weighted by atomic mass is 10.0. The summed E-state index contributed by atoms with van der Waals surface area (Å²) in [5.41, 5.74) is 5.08. The second kappa shape index (κ2) is 8.04. The lowest BCUT2D eigenvalue weighted by Gasteiger charge is -2.25. The fourth-order valence-electron chi connectivity index (χ4n) is 5.12. The maximum Gasteiger partial charge on any atom is 0.295 e. The number of aromatic nitrogens is 2. The maximum absolute atomic E-state index is 9.90. The third-order valence-corrected chi connectivity index (χ3v) is 6.83. The molecule has 168 valence electrons. The van der Waals surface area contributed by atoms with Crippen molar-refractivity contribution >= 4 is 16.7 Å². The molecule has 2 aromatic carbocycles. The summed E-state index contributed by atoms with van der Waals surface area (Å²) in [6, 6.07) is 15.2. The summed E-state index contributed by atoms with van der Waals surface area (Å²) in [5, 5.41) is 19.5. The molecule has 3 fully saturated rings. The van der Waals surface area contributed by atoms with Crippen LogP contribution in [-0.4, -0.2) is 77.0 Å². The van der Waals surface area contributed by atoms with Crippen molar-refractivity contribution in [2.75, 3.05) is 31.3 Å². The van der Waals surface area contributed by atoms with E-state index in [1.807, 2.05) is 6.07 Å². The molecule has 5 atom stereocenters. The summed E-state index contributed by atoms with van der Waals surface area (Å²) in [7, 11) is 0. The van der Waals surface area contributed by atoms with Crippen LogP contribution in [0.1, 0.15) is 12.8 Å². The number of nitrogens with one attached hydrogen (secondary N) is 1. The van der Waals surface area contributed by atoms with Crippen LogP contribution in [0.5, 0.6) is 6.01 Å². The van der Waals surface area contributed by atoms with E-state index in [-0.39, 0.29) is 37.6 Å². The number of nitrogens with zero attached hydrogens (tertiary/aromatic N) is 2. The Kier molecular flexibility index (Phi) is 5.02. The third-order valence-electron chi connectivity index (χ3n) is 6.83. The topological polar surface area (TPSA) is 100 Å². The molecule has 1 aromatic heterocycles. The summed E-state index contributed by atoms with van der Waals surface area (Å²) in [5.74, 6) is 0. The number of H-pyrrole nitrogens is 1. The van der Waals surface area contributed by atoms with Crippen molar-refractivity contribution in [1.29, 1.82) is 0 Å². The van der Waals surface area contributed by atoms with Gasteiger partial charge >= 0.3 is 0 Å². The summed E-state index contributed by atoms with van der Waals surface area (Å²) in [4.78, 5) is 10.1. The van der Waals surface area contributed by atoms with Gasteiger partial charge in [0.2, 0.25) is 0 Å². The maximum atomic E-state index is 9.90. The Labute approximate surface area is 185 Å². The van der Waals surface area contributed by atoms with Crippen LogP contribution >= 0.6 is 0 Å². The zero-order valence-electron chi connectivity index (χ0n) is 17.7. The fourth-order valence-corrected chi connectivity index (χ4v) is 5.12. The van der Waals surface area contributed by atoms with Gasteiger partial charge in [0.15, 0.2) is 6.10 Å². The van der Waals surface area contributed by atoms with Crippen molar-refractivity contribution in [2.24, 2.45) is 0 Å². The van der Waals surface area contributed by atoms with Gasteiger partial charge in [0.1, 0.15) is 18.3 Å². The van der Waals surface area contributed by atoms with Gasteiger partial charge in [-0.05, 0) is 48.2 Å². The second-order valence-corrected chi connectivity index (χ2v) is 8.81. The number of aliphatic hydroxyl groups is 2. The SMILES string of the molecule is OC[C@@H]1CCCN1c1ccc(-c2ccc3nc(O[C@@H]4CO[C@H]5[C@@H]4OC[C@H]5O)[nH]c3c2)cc1. The van der Waals surface area contributed by atoms with Crippen LogP contribution in [0.25, 0.3) is 22.2 Å². The number of rotatable bonds is 5. The smallest absolute Gasteiger partial charge is 0.295 e. The van der Waals surface area contributed by atoms with Crippen LogP contribution in [0.15, 0.2) is 42.5 Å². The highest BCUT2D eigenvalue weighted by Gasteiger charge is 2.48. The predicted molar refractivity (Wildman–Crippen MR) is 119 cm³/mol. The van der Waals surface area contributed by atoms with Crippen LogP contribution in [0.4, 0.5) is 5.69 Å². The van der Waals surface area contributed by atoms with E-state index < -0.39 is 6.10 Å². The van der Waals surface area contributed by atoms with Crippen LogP contribution in [-0.2, 0) is 9.47 Å². The first-order valence-corrected chi connectivity index (χ1v) is 11.3. The number of imidazole rings is 1. The molecule has 6 rings (SSSR count). The molecule has 8 nitrogen and oxygen atoms in total. The minimum absolute atomic E-state index is 0.198. The average molecular weight is 437 g/mol. The highest BCUT2D eigenvalue weighted by atomic mass is 16.6. The van der Waals surface area contributed by atoms with E-state index in [0.29, 0.717) is 12.6 Å².